The minimum Gasteiger partial charge on any atom is -0.293 e. The molecule has 22 heavy (non-hydrogen) atoms. The fourth-order valence-electron chi connectivity index (χ4n) is 2.08. The Morgan fingerprint density at radius 1 is 1.00 bits per heavy atom. The molecule has 1 heterocycles. The van der Waals surface area contributed by atoms with E-state index in [4.69, 9.17) is 0 Å². The van der Waals surface area contributed by atoms with Crippen molar-refractivity contribution in [2.24, 2.45) is 0 Å². The summed E-state index contributed by atoms with van der Waals surface area (Å²) in [4.78, 5) is 12.9. The van der Waals surface area contributed by atoms with Crippen LogP contribution in [-0.2, 0) is 0 Å². The van der Waals surface area contributed by atoms with Gasteiger partial charge in [-0.1, -0.05) is 83.8 Å². The highest BCUT2D eigenvalue weighted by Crippen LogP contribution is 2.38. The van der Waals surface area contributed by atoms with Crippen LogP contribution in [0.4, 0.5) is 0 Å². The normalized spacial score (nSPS) is 12.0. The molecule has 0 amide bonds. The Kier molecular flexibility index (Phi) is 4.65. The second-order valence-corrected chi connectivity index (χ2v) is 7.26. The summed E-state index contributed by atoms with van der Waals surface area (Å²) in [5, 5.41) is 8.76. The van der Waals surface area contributed by atoms with Gasteiger partial charge in [0.1, 0.15) is 5.01 Å². The summed E-state index contributed by atoms with van der Waals surface area (Å²) >= 11 is 2.97. The van der Waals surface area contributed by atoms with Crippen molar-refractivity contribution >= 4 is 28.9 Å². The number of ketones is 1. The van der Waals surface area contributed by atoms with Crippen molar-refractivity contribution in [2.75, 3.05) is 0 Å². The maximum absolute atomic E-state index is 12.9. The van der Waals surface area contributed by atoms with Crippen LogP contribution in [0.3, 0.4) is 0 Å². The first-order chi connectivity index (χ1) is 10.7. The minimum atomic E-state index is -0.309. The smallest absolute Gasteiger partial charge is 0.180 e. The van der Waals surface area contributed by atoms with E-state index in [1.807, 2.05) is 67.6 Å². The molecule has 2 aromatic carbocycles. The zero-order valence-electron chi connectivity index (χ0n) is 12.0. The highest BCUT2D eigenvalue weighted by molar-refractivity contribution is 8.01. The molecular formula is C17H14N2OS2. The predicted octanol–water partition coefficient (Wildman–Crippen LogP) is 4.56. The number of benzene rings is 2. The Balaban J connectivity index is 1.94. The molecule has 0 saturated heterocycles. The first-order valence-corrected chi connectivity index (χ1v) is 8.54. The van der Waals surface area contributed by atoms with Gasteiger partial charge in [0.2, 0.25) is 0 Å². The average Bonchev–Trinajstić information content (AvgIpc) is 2.99. The first-order valence-electron chi connectivity index (χ1n) is 6.85. The van der Waals surface area contributed by atoms with Gasteiger partial charge in [-0.3, -0.25) is 4.79 Å². The van der Waals surface area contributed by atoms with Crippen LogP contribution in [0.2, 0.25) is 0 Å². The van der Waals surface area contributed by atoms with E-state index in [-0.39, 0.29) is 11.0 Å². The topological polar surface area (TPSA) is 42.9 Å². The molecule has 0 N–H and O–H groups in total. The second kappa shape index (κ2) is 6.85. The zero-order valence-corrected chi connectivity index (χ0v) is 13.6. The molecule has 0 radical (unpaired) electrons. The van der Waals surface area contributed by atoms with E-state index in [0.717, 1.165) is 14.9 Å². The molecule has 0 saturated carbocycles. The maximum Gasteiger partial charge on any atom is 0.180 e. The lowest BCUT2D eigenvalue weighted by Gasteiger charge is -2.14. The van der Waals surface area contributed by atoms with E-state index in [2.05, 4.69) is 10.2 Å². The van der Waals surface area contributed by atoms with Gasteiger partial charge < -0.3 is 0 Å². The van der Waals surface area contributed by atoms with Crippen LogP contribution in [0.5, 0.6) is 0 Å². The molecule has 0 fully saturated rings. The minimum absolute atomic E-state index is 0.0876. The summed E-state index contributed by atoms with van der Waals surface area (Å²) in [6.07, 6.45) is 0. The molecule has 1 atom stereocenters. The van der Waals surface area contributed by atoms with Crippen molar-refractivity contribution in [3.63, 3.8) is 0 Å². The van der Waals surface area contributed by atoms with Crippen molar-refractivity contribution in [1.82, 2.24) is 10.2 Å². The molecule has 5 heteroatoms. The van der Waals surface area contributed by atoms with E-state index >= 15 is 0 Å². The summed E-state index contributed by atoms with van der Waals surface area (Å²) in [6.45, 7) is 1.91. The maximum atomic E-state index is 12.9. The van der Waals surface area contributed by atoms with Crippen LogP contribution in [0.25, 0.3) is 0 Å². The fourth-order valence-corrected chi connectivity index (χ4v) is 4.17. The number of aryl methyl sites for hydroxylation is 1. The van der Waals surface area contributed by atoms with Crippen LogP contribution in [0.15, 0.2) is 65.0 Å². The highest BCUT2D eigenvalue weighted by atomic mass is 32.2. The number of Topliss-reactive ketones (excluding diaryl/α,β-unsaturated/α-hetero) is 1. The third-order valence-corrected chi connectivity index (χ3v) is 5.30. The molecular weight excluding hydrogens is 312 g/mol. The third kappa shape index (κ3) is 3.43. The number of hydrogen-bond donors (Lipinski definition) is 0. The first kappa shape index (κ1) is 14.9. The Labute approximate surface area is 137 Å². The summed E-state index contributed by atoms with van der Waals surface area (Å²) in [6, 6.07) is 19.2. The lowest BCUT2D eigenvalue weighted by Crippen LogP contribution is -2.09. The van der Waals surface area contributed by atoms with E-state index in [1.165, 1.54) is 23.1 Å². The standard InChI is InChI=1S/C17H14N2OS2/c1-12-18-19-17(21-12)22-16(14-10-6-3-7-11-14)15(20)13-8-4-2-5-9-13/h2-11,16H,1H3/t16-/m1/s1. The zero-order chi connectivity index (χ0) is 15.4. The number of carbonyl (C=O) groups is 1. The van der Waals surface area contributed by atoms with Crippen molar-refractivity contribution < 1.29 is 4.79 Å². The SMILES string of the molecule is Cc1nnc(S[C@@H](C(=O)c2ccccc2)c2ccccc2)s1. The van der Waals surface area contributed by atoms with E-state index in [9.17, 15) is 4.79 Å². The number of rotatable bonds is 5. The number of hydrogen-bond acceptors (Lipinski definition) is 5. The van der Waals surface area contributed by atoms with E-state index < -0.39 is 0 Å². The molecule has 0 spiro atoms. The van der Waals surface area contributed by atoms with Gasteiger partial charge in [-0.2, -0.15) is 0 Å². The van der Waals surface area contributed by atoms with E-state index in [0.29, 0.717) is 5.56 Å². The van der Waals surface area contributed by atoms with Gasteiger partial charge in [0.15, 0.2) is 10.1 Å². The summed E-state index contributed by atoms with van der Waals surface area (Å²) in [5.74, 6) is 0.0876. The molecule has 110 valence electrons. The second-order valence-electron chi connectivity index (χ2n) is 4.73. The largest absolute Gasteiger partial charge is 0.293 e. The fraction of sp³-hybridized carbons (Fsp3) is 0.118. The summed E-state index contributed by atoms with van der Waals surface area (Å²) in [7, 11) is 0. The highest BCUT2D eigenvalue weighted by Gasteiger charge is 2.24. The lowest BCUT2D eigenvalue weighted by atomic mass is 10.0. The van der Waals surface area contributed by atoms with Gasteiger partial charge in [0.25, 0.3) is 0 Å². The number of nitrogens with zero attached hydrogens (tertiary/aromatic N) is 2. The summed E-state index contributed by atoms with van der Waals surface area (Å²) < 4.78 is 0.815. The molecule has 0 aliphatic rings. The van der Waals surface area contributed by atoms with Gasteiger partial charge in [-0.15, -0.1) is 10.2 Å². The molecule has 3 nitrogen and oxygen atoms in total. The van der Waals surface area contributed by atoms with E-state index in [1.54, 1.807) is 0 Å². The molecule has 1 aromatic heterocycles. The molecule has 3 rings (SSSR count). The quantitative estimate of drug-likeness (QED) is 0.509. The molecule has 3 aromatic rings. The van der Waals surface area contributed by atoms with Crippen molar-refractivity contribution in [1.29, 1.82) is 0 Å². The van der Waals surface area contributed by atoms with Crippen molar-refractivity contribution in [2.45, 2.75) is 16.5 Å². The Morgan fingerprint density at radius 2 is 1.64 bits per heavy atom. The van der Waals surface area contributed by atoms with Crippen LogP contribution >= 0.6 is 23.1 Å². The lowest BCUT2D eigenvalue weighted by molar-refractivity contribution is 0.0989. The van der Waals surface area contributed by atoms with Crippen molar-refractivity contribution in [3.05, 3.63) is 76.8 Å². The molecule has 0 aliphatic heterocycles. The van der Waals surface area contributed by atoms with Gasteiger partial charge in [0, 0.05) is 5.56 Å². The van der Waals surface area contributed by atoms with Gasteiger partial charge in [0.05, 0.1) is 5.25 Å². The van der Waals surface area contributed by atoms with Crippen LogP contribution in [0.1, 0.15) is 26.2 Å². The predicted molar refractivity (Wildman–Crippen MR) is 90.5 cm³/mol. The van der Waals surface area contributed by atoms with Gasteiger partial charge in [-0.05, 0) is 12.5 Å². The number of aromatic nitrogens is 2. The van der Waals surface area contributed by atoms with Gasteiger partial charge >= 0.3 is 0 Å². The average molecular weight is 326 g/mol. The monoisotopic (exact) mass is 326 g/mol. The third-order valence-electron chi connectivity index (χ3n) is 3.12. The molecule has 0 unspecified atom stereocenters. The summed E-state index contributed by atoms with van der Waals surface area (Å²) in [5.41, 5.74) is 1.69. The van der Waals surface area contributed by atoms with Gasteiger partial charge in [-0.25, -0.2) is 0 Å². The molecule has 0 aliphatic carbocycles. The Morgan fingerprint density at radius 3 is 2.23 bits per heavy atom. The van der Waals surface area contributed by atoms with Crippen LogP contribution in [-0.4, -0.2) is 16.0 Å². The number of carbonyl (C=O) groups excluding carboxylic acids is 1. The number of thioether (sulfide) groups is 1. The van der Waals surface area contributed by atoms with Crippen LogP contribution in [0, 0.1) is 6.92 Å². The Hall–Kier alpha value is -1.98. The molecule has 0 bridgehead atoms. The Bertz CT molecular complexity index is 757. The van der Waals surface area contributed by atoms with Crippen LogP contribution < -0.4 is 0 Å². The van der Waals surface area contributed by atoms with Crippen molar-refractivity contribution in [3.8, 4) is 0 Å².